The summed E-state index contributed by atoms with van der Waals surface area (Å²) in [5, 5.41) is 19.8. The standard InChI is InChI=1S/C23H24N6O2/c1-14(2)27-20-10-21(22-8-5-17-9-15(11-24)12-26-29(17)22)25-13-19(20)23(31)28-16-3-6-18(30)7-4-16/h5,8-10,12-14,16H,3-4,6-7H2,1-2H3,(H,25,27)(H,28,31). The van der Waals surface area contributed by atoms with Gasteiger partial charge in [0, 0.05) is 31.1 Å². The number of hydrogen-bond donors (Lipinski definition) is 2. The number of ketones is 1. The van der Waals surface area contributed by atoms with E-state index in [-0.39, 0.29) is 23.8 Å². The Hall–Kier alpha value is -3.73. The first-order valence-corrected chi connectivity index (χ1v) is 10.4. The van der Waals surface area contributed by atoms with Crippen molar-refractivity contribution in [3.05, 3.63) is 47.8 Å². The molecule has 0 aromatic carbocycles. The van der Waals surface area contributed by atoms with E-state index in [9.17, 15) is 9.59 Å². The molecule has 4 rings (SSSR count). The van der Waals surface area contributed by atoms with Crippen molar-refractivity contribution in [2.75, 3.05) is 5.32 Å². The number of rotatable bonds is 5. The van der Waals surface area contributed by atoms with Crippen molar-refractivity contribution in [3.8, 4) is 17.5 Å². The molecule has 0 atom stereocenters. The van der Waals surface area contributed by atoms with Crippen molar-refractivity contribution < 1.29 is 9.59 Å². The van der Waals surface area contributed by atoms with Crippen molar-refractivity contribution in [2.45, 2.75) is 51.6 Å². The van der Waals surface area contributed by atoms with Crippen LogP contribution in [0.3, 0.4) is 0 Å². The lowest BCUT2D eigenvalue weighted by Crippen LogP contribution is -2.38. The van der Waals surface area contributed by atoms with E-state index in [1.165, 1.54) is 6.20 Å². The van der Waals surface area contributed by atoms with Gasteiger partial charge in [0.15, 0.2) is 0 Å². The first-order valence-electron chi connectivity index (χ1n) is 10.4. The molecule has 0 bridgehead atoms. The quantitative estimate of drug-likeness (QED) is 0.660. The molecule has 158 valence electrons. The minimum Gasteiger partial charge on any atom is -0.382 e. The van der Waals surface area contributed by atoms with Gasteiger partial charge in [-0.2, -0.15) is 10.4 Å². The lowest BCUT2D eigenvalue weighted by Gasteiger charge is -2.23. The Morgan fingerprint density at radius 1 is 1.23 bits per heavy atom. The molecule has 0 unspecified atom stereocenters. The topological polar surface area (TPSA) is 112 Å². The number of nitriles is 1. The number of fused-ring (bicyclic) bond motifs is 1. The zero-order chi connectivity index (χ0) is 22.0. The number of Topliss-reactive ketones (excluding diaryl/α,β-unsaturated/α-hetero) is 1. The summed E-state index contributed by atoms with van der Waals surface area (Å²) in [6.45, 7) is 4.01. The number of carbonyl (C=O) groups excluding carboxylic acids is 2. The van der Waals surface area contributed by atoms with Gasteiger partial charge in [0.2, 0.25) is 0 Å². The summed E-state index contributed by atoms with van der Waals surface area (Å²) >= 11 is 0. The Labute approximate surface area is 180 Å². The Bertz CT molecular complexity index is 1180. The van der Waals surface area contributed by atoms with E-state index in [2.05, 4.69) is 26.8 Å². The number of carbonyl (C=O) groups is 2. The Morgan fingerprint density at radius 3 is 2.71 bits per heavy atom. The maximum atomic E-state index is 13.0. The van der Waals surface area contributed by atoms with E-state index in [4.69, 9.17) is 5.26 Å². The fourth-order valence-electron chi connectivity index (χ4n) is 3.81. The van der Waals surface area contributed by atoms with Gasteiger partial charge in [-0.1, -0.05) is 0 Å². The van der Waals surface area contributed by atoms with Crippen LogP contribution in [0.5, 0.6) is 0 Å². The van der Waals surface area contributed by atoms with Crippen LogP contribution in [-0.4, -0.2) is 38.4 Å². The van der Waals surface area contributed by atoms with Gasteiger partial charge in [-0.3, -0.25) is 14.6 Å². The van der Waals surface area contributed by atoms with Crippen LogP contribution < -0.4 is 10.6 Å². The van der Waals surface area contributed by atoms with Crippen molar-refractivity contribution in [3.63, 3.8) is 0 Å². The first kappa shape index (κ1) is 20.5. The second-order valence-electron chi connectivity index (χ2n) is 8.11. The van der Waals surface area contributed by atoms with Gasteiger partial charge >= 0.3 is 0 Å². The zero-order valence-electron chi connectivity index (χ0n) is 17.6. The molecule has 8 nitrogen and oxygen atoms in total. The summed E-state index contributed by atoms with van der Waals surface area (Å²) in [6, 6.07) is 9.60. The number of aromatic nitrogens is 3. The SMILES string of the molecule is CC(C)Nc1cc(-c2ccc3cc(C#N)cnn23)ncc1C(=O)NC1CCC(=O)CC1. The smallest absolute Gasteiger partial charge is 0.255 e. The van der Waals surface area contributed by atoms with Gasteiger partial charge < -0.3 is 10.6 Å². The van der Waals surface area contributed by atoms with Crippen molar-refractivity contribution in [1.29, 1.82) is 5.26 Å². The van der Waals surface area contributed by atoms with E-state index >= 15 is 0 Å². The number of anilines is 1. The average Bonchev–Trinajstić information content (AvgIpc) is 3.18. The number of amides is 1. The molecular weight excluding hydrogens is 392 g/mol. The van der Waals surface area contributed by atoms with E-state index in [1.54, 1.807) is 16.8 Å². The number of nitrogens with one attached hydrogen (secondary N) is 2. The summed E-state index contributed by atoms with van der Waals surface area (Å²) in [5.74, 6) is 0.0620. The normalized spacial score (nSPS) is 14.6. The van der Waals surface area contributed by atoms with E-state index < -0.39 is 0 Å². The molecule has 0 spiro atoms. The van der Waals surface area contributed by atoms with Crippen LogP contribution in [-0.2, 0) is 4.79 Å². The van der Waals surface area contributed by atoms with Gasteiger partial charge in [-0.25, -0.2) is 4.52 Å². The van der Waals surface area contributed by atoms with Crippen LogP contribution in [0.1, 0.15) is 55.5 Å². The zero-order valence-corrected chi connectivity index (χ0v) is 17.6. The number of pyridine rings is 1. The average molecular weight is 416 g/mol. The molecule has 1 amide bonds. The highest BCUT2D eigenvalue weighted by atomic mass is 16.2. The van der Waals surface area contributed by atoms with Gasteiger partial charge in [-0.05, 0) is 51.0 Å². The van der Waals surface area contributed by atoms with Crippen LogP contribution in [0.2, 0.25) is 0 Å². The minimum absolute atomic E-state index is 0.00452. The third-order valence-electron chi connectivity index (χ3n) is 5.36. The molecular formula is C23H24N6O2. The predicted octanol–water partition coefficient (Wildman–Crippen LogP) is 3.33. The largest absolute Gasteiger partial charge is 0.382 e. The Kier molecular flexibility index (Phi) is 5.67. The molecule has 1 aliphatic rings. The van der Waals surface area contributed by atoms with Gasteiger partial charge in [0.1, 0.15) is 11.9 Å². The summed E-state index contributed by atoms with van der Waals surface area (Å²) in [5.41, 5.74) is 3.87. The highest BCUT2D eigenvalue weighted by molar-refractivity contribution is 6.00. The lowest BCUT2D eigenvalue weighted by atomic mass is 9.94. The molecule has 1 aliphatic carbocycles. The maximum absolute atomic E-state index is 13.0. The van der Waals surface area contributed by atoms with Gasteiger partial charge in [0.25, 0.3) is 5.91 Å². The van der Waals surface area contributed by atoms with Crippen LogP contribution in [0.4, 0.5) is 5.69 Å². The highest BCUT2D eigenvalue weighted by Gasteiger charge is 2.23. The molecule has 1 saturated carbocycles. The Balaban J connectivity index is 1.65. The molecule has 1 fully saturated rings. The second-order valence-corrected chi connectivity index (χ2v) is 8.11. The number of nitrogens with zero attached hydrogens (tertiary/aromatic N) is 4. The predicted molar refractivity (Wildman–Crippen MR) is 117 cm³/mol. The van der Waals surface area contributed by atoms with E-state index in [0.29, 0.717) is 48.2 Å². The number of hydrogen-bond acceptors (Lipinski definition) is 6. The van der Waals surface area contributed by atoms with E-state index in [0.717, 1.165) is 11.2 Å². The Morgan fingerprint density at radius 2 is 2.00 bits per heavy atom. The highest BCUT2D eigenvalue weighted by Crippen LogP contribution is 2.26. The fourth-order valence-corrected chi connectivity index (χ4v) is 3.81. The van der Waals surface area contributed by atoms with Crippen LogP contribution in [0.15, 0.2) is 36.7 Å². The van der Waals surface area contributed by atoms with Gasteiger partial charge in [0.05, 0.1) is 39.9 Å². The minimum atomic E-state index is -0.196. The molecule has 3 aromatic rings. The summed E-state index contributed by atoms with van der Waals surface area (Å²) in [4.78, 5) is 28.9. The van der Waals surface area contributed by atoms with E-state index in [1.807, 2.05) is 32.0 Å². The summed E-state index contributed by atoms with van der Waals surface area (Å²) in [7, 11) is 0. The third kappa shape index (κ3) is 4.40. The molecule has 3 aromatic heterocycles. The van der Waals surface area contributed by atoms with Gasteiger partial charge in [-0.15, -0.1) is 0 Å². The summed E-state index contributed by atoms with van der Waals surface area (Å²) < 4.78 is 1.72. The molecule has 31 heavy (non-hydrogen) atoms. The molecule has 0 aliphatic heterocycles. The molecule has 8 heteroatoms. The van der Waals surface area contributed by atoms with Crippen molar-refractivity contribution in [2.24, 2.45) is 0 Å². The summed E-state index contributed by atoms with van der Waals surface area (Å²) in [6.07, 6.45) is 5.47. The van der Waals surface area contributed by atoms with Crippen LogP contribution in [0.25, 0.3) is 16.9 Å². The van der Waals surface area contributed by atoms with Crippen molar-refractivity contribution >= 4 is 22.9 Å². The first-order chi connectivity index (χ1) is 14.9. The molecule has 3 heterocycles. The van der Waals surface area contributed by atoms with Crippen molar-refractivity contribution in [1.82, 2.24) is 19.9 Å². The van der Waals surface area contributed by atoms with Crippen LogP contribution in [0, 0.1) is 11.3 Å². The lowest BCUT2D eigenvalue weighted by molar-refractivity contribution is -0.120. The van der Waals surface area contributed by atoms with Crippen LogP contribution >= 0.6 is 0 Å². The monoisotopic (exact) mass is 416 g/mol. The third-order valence-corrected chi connectivity index (χ3v) is 5.36. The molecule has 0 radical (unpaired) electrons. The molecule has 2 N–H and O–H groups in total. The maximum Gasteiger partial charge on any atom is 0.255 e. The molecule has 0 saturated heterocycles. The second kappa shape index (κ2) is 8.56. The fraction of sp³-hybridized carbons (Fsp3) is 0.348.